The molecule has 0 unspecified atom stereocenters. The van der Waals surface area contributed by atoms with Gasteiger partial charge in [-0.15, -0.1) is 9.36 Å². The van der Waals surface area contributed by atoms with Crippen molar-refractivity contribution in [2.24, 2.45) is 7.05 Å². The summed E-state index contributed by atoms with van der Waals surface area (Å²) in [5.74, 6) is 0. The molecule has 0 spiro atoms. The molecule has 0 aliphatic heterocycles. The average Bonchev–Trinajstić information content (AvgIpc) is 2.30. The normalized spacial score (nSPS) is 11.5. The van der Waals surface area contributed by atoms with Gasteiger partial charge in [-0.2, -0.15) is 0 Å². The predicted molar refractivity (Wildman–Crippen MR) is 55.4 cm³/mol. The van der Waals surface area contributed by atoms with Crippen molar-refractivity contribution in [1.29, 1.82) is 0 Å². The second-order valence-electron chi connectivity index (χ2n) is 3.46. The molecule has 0 saturated heterocycles. The lowest BCUT2D eigenvalue weighted by molar-refractivity contribution is -0.747. The zero-order chi connectivity index (χ0) is 10.0. The highest BCUT2D eigenvalue weighted by atomic mass is 15.4. The third-order valence-electron chi connectivity index (χ3n) is 2.72. The van der Waals surface area contributed by atoms with E-state index in [1.165, 1.54) is 17.0 Å². The first-order valence-electron chi connectivity index (χ1n) is 4.80. The highest BCUT2D eigenvalue weighted by molar-refractivity contribution is 5.28. The maximum atomic E-state index is 2.19. The number of rotatable bonds is 2. The molecule has 0 aromatic carbocycles. The van der Waals surface area contributed by atoms with Crippen LogP contribution in [0.1, 0.15) is 30.3 Å². The van der Waals surface area contributed by atoms with Crippen LogP contribution in [0.15, 0.2) is 6.08 Å². The van der Waals surface area contributed by atoms with Gasteiger partial charge in [0.2, 0.25) is 5.69 Å². The zero-order valence-electron chi connectivity index (χ0n) is 9.26. The average molecular weight is 179 g/mol. The Kier molecular flexibility index (Phi) is 2.91. The summed E-state index contributed by atoms with van der Waals surface area (Å²) < 4.78 is 4.37. The second kappa shape index (κ2) is 3.77. The molecule has 1 aromatic heterocycles. The number of aromatic nitrogens is 2. The van der Waals surface area contributed by atoms with Gasteiger partial charge >= 0.3 is 0 Å². The Bertz CT molecular complexity index is 307. The molecule has 0 saturated carbocycles. The predicted octanol–water partition coefficient (Wildman–Crippen LogP) is 2.12. The van der Waals surface area contributed by atoms with Crippen LogP contribution in [0, 0.1) is 20.8 Å². The lowest BCUT2D eigenvalue weighted by atomic mass is 10.2. The molecule has 13 heavy (non-hydrogen) atoms. The molecule has 2 nitrogen and oxygen atoms in total. The number of allylic oxidation sites excluding steroid dienone is 1. The van der Waals surface area contributed by atoms with Gasteiger partial charge in [0.15, 0.2) is 7.05 Å². The van der Waals surface area contributed by atoms with Gasteiger partial charge in [-0.1, -0.05) is 13.0 Å². The Morgan fingerprint density at radius 3 is 2.31 bits per heavy atom. The Morgan fingerprint density at radius 1 is 1.31 bits per heavy atom. The van der Waals surface area contributed by atoms with Gasteiger partial charge in [-0.3, -0.25) is 0 Å². The zero-order valence-corrected chi connectivity index (χ0v) is 9.26. The van der Waals surface area contributed by atoms with Crippen molar-refractivity contribution < 1.29 is 4.68 Å². The largest absolute Gasteiger partial charge is 0.208 e. The molecule has 0 amide bonds. The Hall–Kier alpha value is -1.05. The van der Waals surface area contributed by atoms with Gasteiger partial charge in [0, 0.05) is 12.5 Å². The van der Waals surface area contributed by atoms with Crippen LogP contribution in [0.5, 0.6) is 0 Å². The van der Waals surface area contributed by atoms with Crippen molar-refractivity contribution in [3.8, 4) is 0 Å². The van der Waals surface area contributed by atoms with E-state index in [1.54, 1.807) is 0 Å². The molecule has 2 heteroatoms. The maximum absolute atomic E-state index is 2.19. The summed E-state index contributed by atoms with van der Waals surface area (Å²) in [6.45, 7) is 8.62. The Labute approximate surface area is 80.5 Å². The van der Waals surface area contributed by atoms with Crippen LogP contribution in [-0.4, -0.2) is 4.68 Å². The fraction of sp³-hybridized carbons (Fsp3) is 0.545. The van der Waals surface area contributed by atoms with Crippen molar-refractivity contribution >= 4 is 6.20 Å². The minimum absolute atomic E-state index is 1.08. The van der Waals surface area contributed by atoms with Gasteiger partial charge in [0.25, 0.3) is 0 Å². The molecule has 0 aliphatic carbocycles. The first kappa shape index (κ1) is 10.0. The number of hydrogen-bond donors (Lipinski definition) is 0. The van der Waals surface area contributed by atoms with Crippen molar-refractivity contribution in [3.05, 3.63) is 23.0 Å². The van der Waals surface area contributed by atoms with Crippen LogP contribution >= 0.6 is 0 Å². The summed E-state index contributed by atoms with van der Waals surface area (Å²) in [6.07, 6.45) is 5.39. The molecule has 0 fully saturated rings. The van der Waals surface area contributed by atoms with Crippen LogP contribution in [-0.2, 0) is 7.05 Å². The smallest absolute Gasteiger partial charge is 0.133 e. The summed E-state index contributed by atoms with van der Waals surface area (Å²) in [5, 5.41) is 0. The van der Waals surface area contributed by atoms with E-state index in [4.69, 9.17) is 0 Å². The third-order valence-corrected chi connectivity index (χ3v) is 2.72. The monoisotopic (exact) mass is 179 g/mol. The quantitative estimate of drug-likeness (QED) is 0.615. The van der Waals surface area contributed by atoms with Gasteiger partial charge in [-0.05, 0) is 20.3 Å². The molecule has 1 rings (SSSR count). The van der Waals surface area contributed by atoms with E-state index < -0.39 is 0 Å². The summed E-state index contributed by atoms with van der Waals surface area (Å²) in [6, 6.07) is 0. The third kappa shape index (κ3) is 1.67. The molecule has 72 valence electrons. The molecular weight excluding hydrogens is 160 g/mol. The highest BCUT2D eigenvalue weighted by Crippen LogP contribution is 2.09. The molecule has 0 aliphatic rings. The Morgan fingerprint density at radius 2 is 1.92 bits per heavy atom. The standard InChI is InChI=1S/C11H19N2/c1-6-7-8-13-11(4)9(2)10(3)12(13)5/h7-8H,6H2,1-5H3/q+1/b8-7+. The van der Waals surface area contributed by atoms with Crippen LogP contribution in [0.25, 0.3) is 6.20 Å². The molecule has 0 atom stereocenters. The van der Waals surface area contributed by atoms with Crippen LogP contribution in [0.4, 0.5) is 0 Å². The summed E-state index contributed by atoms with van der Waals surface area (Å²) in [4.78, 5) is 0. The van der Waals surface area contributed by atoms with Gasteiger partial charge in [-0.25, -0.2) is 0 Å². The fourth-order valence-corrected chi connectivity index (χ4v) is 1.48. The minimum atomic E-state index is 1.08. The van der Waals surface area contributed by atoms with Crippen LogP contribution < -0.4 is 4.68 Å². The van der Waals surface area contributed by atoms with Crippen LogP contribution in [0.3, 0.4) is 0 Å². The van der Waals surface area contributed by atoms with Crippen molar-refractivity contribution in [2.75, 3.05) is 0 Å². The fourth-order valence-electron chi connectivity index (χ4n) is 1.48. The summed E-state index contributed by atoms with van der Waals surface area (Å²) >= 11 is 0. The number of hydrogen-bond acceptors (Lipinski definition) is 0. The van der Waals surface area contributed by atoms with Crippen LogP contribution in [0.2, 0.25) is 0 Å². The highest BCUT2D eigenvalue weighted by Gasteiger charge is 2.16. The van der Waals surface area contributed by atoms with E-state index in [2.05, 4.69) is 56.4 Å². The van der Waals surface area contributed by atoms with E-state index in [1.807, 2.05) is 0 Å². The molecule has 0 N–H and O–H groups in total. The van der Waals surface area contributed by atoms with Gasteiger partial charge in [0.1, 0.15) is 0 Å². The molecule has 1 aromatic rings. The van der Waals surface area contributed by atoms with E-state index in [0.717, 1.165) is 6.42 Å². The number of nitrogens with zero attached hydrogens (tertiary/aromatic N) is 2. The molecule has 1 heterocycles. The van der Waals surface area contributed by atoms with E-state index in [0.29, 0.717) is 0 Å². The maximum Gasteiger partial charge on any atom is 0.208 e. The SMILES string of the molecule is CC/C=C/n1c(C)c(C)c(C)[n+]1C. The summed E-state index contributed by atoms with van der Waals surface area (Å²) in [5.41, 5.74) is 4.03. The summed E-state index contributed by atoms with van der Waals surface area (Å²) in [7, 11) is 2.09. The van der Waals surface area contributed by atoms with E-state index >= 15 is 0 Å². The van der Waals surface area contributed by atoms with Gasteiger partial charge < -0.3 is 0 Å². The lowest BCUT2D eigenvalue weighted by Crippen LogP contribution is -2.39. The van der Waals surface area contributed by atoms with E-state index in [-0.39, 0.29) is 0 Å². The van der Waals surface area contributed by atoms with Crippen molar-refractivity contribution in [2.45, 2.75) is 34.1 Å². The van der Waals surface area contributed by atoms with Gasteiger partial charge in [0.05, 0.1) is 11.9 Å². The second-order valence-corrected chi connectivity index (χ2v) is 3.46. The minimum Gasteiger partial charge on any atom is -0.133 e. The topological polar surface area (TPSA) is 8.81 Å². The molecule has 0 radical (unpaired) electrons. The van der Waals surface area contributed by atoms with E-state index in [9.17, 15) is 0 Å². The molecule has 0 bridgehead atoms. The van der Waals surface area contributed by atoms with Crippen molar-refractivity contribution in [1.82, 2.24) is 4.68 Å². The molecular formula is C11H19N2+. The van der Waals surface area contributed by atoms with Crippen molar-refractivity contribution in [3.63, 3.8) is 0 Å². The Balaban J connectivity index is 3.21. The first-order valence-corrected chi connectivity index (χ1v) is 4.80. The first-order chi connectivity index (χ1) is 6.09. The lowest BCUT2D eigenvalue weighted by Gasteiger charge is -1.94.